The van der Waals surface area contributed by atoms with Crippen LogP contribution in [0.3, 0.4) is 0 Å². The number of aryl methyl sites for hydroxylation is 1. The summed E-state index contributed by atoms with van der Waals surface area (Å²) in [6.07, 6.45) is -1.41. The monoisotopic (exact) mass is 447 g/mol. The molecule has 0 aliphatic carbocycles. The smallest absolute Gasteiger partial charge is 0.381 e. The van der Waals surface area contributed by atoms with E-state index in [1.165, 1.54) is 13.2 Å². The number of hydrogen-bond donors (Lipinski definition) is 2. The Balaban J connectivity index is 0.00000264. The van der Waals surface area contributed by atoms with E-state index in [1.54, 1.807) is 7.05 Å². The molecule has 1 fully saturated rings. The second-order valence-electron chi connectivity index (χ2n) is 5.13. The van der Waals surface area contributed by atoms with Gasteiger partial charge in [0.1, 0.15) is 0 Å². The standard InChI is InChI=1S/C13H20F3N5O.HI/c1-17-12(19-10-3-5-22-6-4-10)18-7-9-8-21(2)20-11(9)13(14,15)16;/h8,10H,3-7H2,1-2H3,(H2,17,18,19);1H. The minimum Gasteiger partial charge on any atom is -0.381 e. The van der Waals surface area contributed by atoms with Crippen LogP contribution in [0.15, 0.2) is 11.2 Å². The molecule has 0 atom stereocenters. The topological polar surface area (TPSA) is 63.5 Å². The summed E-state index contributed by atoms with van der Waals surface area (Å²) in [5.74, 6) is 0.476. The molecular weight excluding hydrogens is 426 g/mol. The average molecular weight is 447 g/mol. The third-order valence-corrected chi connectivity index (χ3v) is 3.41. The predicted octanol–water partition coefficient (Wildman–Crippen LogP) is 1.90. The highest BCUT2D eigenvalue weighted by atomic mass is 127. The van der Waals surface area contributed by atoms with E-state index in [4.69, 9.17) is 4.74 Å². The number of halogens is 4. The molecule has 0 unspecified atom stereocenters. The molecule has 1 aromatic heterocycles. The van der Waals surface area contributed by atoms with Crippen molar-refractivity contribution in [1.29, 1.82) is 0 Å². The van der Waals surface area contributed by atoms with Crippen LogP contribution in [0, 0.1) is 0 Å². The fourth-order valence-corrected chi connectivity index (χ4v) is 2.31. The lowest BCUT2D eigenvalue weighted by Crippen LogP contribution is -2.45. The van der Waals surface area contributed by atoms with E-state index in [0.29, 0.717) is 19.2 Å². The maximum absolute atomic E-state index is 12.9. The summed E-state index contributed by atoms with van der Waals surface area (Å²) < 4.78 is 45.1. The van der Waals surface area contributed by atoms with Crippen LogP contribution in [0.25, 0.3) is 0 Å². The predicted molar refractivity (Wildman–Crippen MR) is 90.8 cm³/mol. The Bertz CT molecular complexity index is 526. The molecule has 23 heavy (non-hydrogen) atoms. The number of aromatic nitrogens is 2. The molecule has 2 heterocycles. The van der Waals surface area contributed by atoms with Crippen molar-refractivity contribution in [2.75, 3.05) is 20.3 Å². The first-order chi connectivity index (χ1) is 10.4. The van der Waals surface area contributed by atoms with Gasteiger partial charge in [-0.2, -0.15) is 18.3 Å². The van der Waals surface area contributed by atoms with Gasteiger partial charge >= 0.3 is 6.18 Å². The molecule has 1 aliphatic rings. The number of guanidine groups is 1. The Hall–Kier alpha value is -1.04. The summed E-state index contributed by atoms with van der Waals surface area (Å²) in [4.78, 5) is 4.04. The van der Waals surface area contributed by atoms with Gasteiger partial charge in [0.2, 0.25) is 0 Å². The lowest BCUT2D eigenvalue weighted by atomic mass is 10.1. The zero-order valence-electron chi connectivity index (χ0n) is 13.0. The van der Waals surface area contributed by atoms with E-state index in [9.17, 15) is 13.2 Å². The lowest BCUT2D eigenvalue weighted by Gasteiger charge is -2.25. The van der Waals surface area contributed by atoms with E-state index in [-0.39, 0.29) is 42.1 Å². The molecule has 2 N–H and O–H groups in total. The summed E-state index contributed by atoms with van der Waals surface area (Å²) in [5.41, 5.74) is -0.783. The number of rotatable bonds is 3. The van der Waals surface area contributed by atoms with Gasteiger partial charge in [0, 0.05) is 51.7 Å². The SMILES string of the molecule is CN=C(NCc1cn(C)nc1C(F)(F)F)NC1CCOCC1.I. The van der Waals surface area contributed by atoms with Crippen LogP contribution in [-0.2, 0) is 24.5 Å². The van der Waals surface area contributed by atoms with E-state index in [0.717, 1.165) is 17.5 Å². The van der Waals surface area contributed by atoms with Crippen molar-refractivity contribution in [1.82, 2.24) is 20.4 Å². The Morgan fingerprint density at radius 3 is 2.65 bits per heavy atom. The molecule has 0 saturated carbocycles. The normalized spacial score (nSPS) is 16.8. The molecule has 2 rings (SSSR count). The second kappa shape index (κ2) is 8.71. The highest BCUT2D eigenvalue weighted by molar-refractivity contribution is 14.0. The van der Waals surface area contributed by atoms with Crippen molar-refractivity contribution in [2.24, 2.45) is 12.0 Å². The maximum Gasteiger partial charge on any atom is 0.435 e. The summed E-state index contributed by atoms with van der Waals surface area (Å²) in [6.45, 7) is 1.36. The number of hydrogen-bond acceptors (Lipinski definition) is 3. The van der Waals surface area contributed by atoms with Crippen molar-refractivity contribution < 1.29 is 17.9 Å². The molecule has 0 aromatic carbocycles. The van der Waals surface area contributed by atoms with Gasteiger partial charge in [0.05, 0.1) is 0 Å². The minimum absolute atomic E-state index is 0. The third kappa shape index (κ3) is 5.83. The first kappa shape index (κ1) is 20.0. The molecule has 10 heteroatoms. The molecular formula is C13H21F3IN5O. The van der Waals surface area contributed by atoms with Gasteiger partial charge in [-0.05, 0) is 12.8 Å². The van der Waals surface area contributed by atoms with Gasteiger partial charge in [-0.15, -0.1) is 24.0 Å². The van der Waals surface area contributed by atoms with Gasteiger partial charge < -0.3 is 15.4 Å². The van der Waals surface area contributed by atoms with E-state index in [1.807, 2.05) is 0 Å². The summed E-state index contributed by atoms with van der Waals surface area (Å²) in [7, 11) is 3.05. The van der Waals surface area contributed by atoms with Gasteiger partial charge in [-0.3, -0.25) is 9.67 Å². The molecule has 1 aromatic rings. The molecule has 0 bridgehead atoms. The van der Waals surface area contributed by atoms with Crippen LogP contribution in [0.2, 0.25) is 0 Å². The van der Waals surface area contributed by atoms with Crippen molar-refractivity contribution in [3.8, 4) is 0 Å². The quantitative estimate of drug-likeness (QED) is 0.422. The summed E-state index contributed by atoms with van der Waals surface area (Å²) in [5, 5.41) is 9.57. The van der Waals surface area contributed by atoms with Crippen molar-refractivity contribution in [3.05, 3.63) is 17.5 Å². The van der Waals surface area contributed by atoms with Crippen LogP contribution in [-0.4, -0.2) is 42.0 Å². The Labute approximate surface area is 149 Å². The fraction of sp³-hybridized carbons (Fsp3) is 0.692. The number of aliphatic imine (C=N–C) groups is 1. The van der Waals surface area contributed by atoms with E-state index in [2.05, 4.69) is 20.7 Å². The number of ether oxygens (including phenoxy) is 1. The molecule has 1 aliphatic heterocycles. The molecule has 1 saturated heterocycles. The van der Waals surface area contributed by atoms with Crippen LogP contribution in [0.4, 0.5) is 13.2 Å². The molecule has 6 nitrogen and oxygen atoms in total. The Morgan fingerprint density at radius 1 is 1.43 bits per heavy atom. The van der Waals surface area contributed by atoms with Crippen LogP contribution in [0.5, 0.6) is 0 Å². The highest BCUT2D eigenvalue weighted by Crippen LogP contribution is 2.30. The van der Waals surface area contributed by atoms with E-state index < -0.39 is 11.9 Å². The average Bonchev–Trinajstić information content (AvgIpc) is 2.86. The number of nitrogens with zero attached hydrogens (tertiary/aromatic N) is 3. The largest absolute Gasteiger partial charge is 0.435 e. The van der Waals surface area contributed by atoms with E-state index >= 15 is 0 Å². The van der Waals surface area contributed by atoms with Crippen molar-refractivity contribution in [3.63, 3.8) is 0 Å². The van der Waals surface area contributed by atoms with Crippen molar-refractivity contribution >= 4 is 29.9 Å². The highest BCUT2D eigenvalue weighted by Gasteiger charge is 2.36. The van der Waals surface area contributed by atoms with Gasteiger partial charge in [-0.1, -0.05) is 0 Å². The molecule has 0 spiro atoms. The van der Waals surface area contributed by atoms with Crippen LogP contribution >= 0.6 is 24.0 Å². The van der Waals surface area contributed by atoms with Crippen LogP contribution < -0.4 is 10.6 Å². The first-order valence-corrected chi connectivity index (χ1v) is 7.05. The number of alkyl halides is 3. The lowest BCUT2D eigenvalue weighted by molar-refractivity contribution is -0.142. The summed E-state index contributed by atoms with van der Waals surface area (Å²) in [6, 6.07) is 0.218. The molecule has 132 valence electrons. The Morgan fingerprint density at radius 2 is 2.09 bits per heavy atom. The van der Waals surface area contributed by atoms with Gasteiger partial charge in [0.25, 0.3) is 0 Å². The molecule has 0 radical (unpaired) electrons. The molecule has 0 amide bonds. The Kier molecular flexibility index (Phi) is 7.58. The van der Waals surface area contributed by atoms with Gasteiger partial charge in [-0.25, -0.2) is 0 Å². The minimum atomic E-state index is -4.46. The zero-order valence-corrected chi connectivity index (χ0v) is 15.3. The third-order valence-electron chi connectivity index (χ3n) is 3.41. The second-order valence-corrected chi connectivity index (χ2v) is 5.13. The first-order valence-electron chi connectivity index (χ1n) is 7.05. The van der Waals surface area contributed by atoms with Gasteiger partial charge in [0.15, 0.2) is 11.7 Å². The fourth-order valence-electron chi connectivity index (χ4n) is 2.31. The summed E-state index contributed by atoms with van der Waals surface area (Å²) >= 11 is 0. The van der Waals surface area contributed by atoms with Crippen molar-refractivity contribution in [2.45, 2.75) is 31.6 Å². The van der Waals surface area contributed by atoms with Crippen LogP contribution in [0.1, 0.15) is 24.1 Å². The number of nitrogens with one attached hydrogen (secondary N) is 2. The zero-order chi connectivity index (χ0) is 16.2. The maximum atomic E-state index is 12.9.